The maximum absolute atomic E-state index is 12.1. The molecule has 0 unspecified atom stereocenters. The first-order valence-corrected chi connectivity index (χ1v) is 9.44. The number of pyridine rings is 1. The lowest BCUT2D eigenvalue weighted by Crippen LogP contribution is -2.48. The van der Waals surface area contributed by atoms with Crippen LogP contribution in [-0.4, -0.2) is 55.1 Å². The molecule has 0 spiro atoms. The molecule has 0 aliphatic carbocycles. The van der Waals surface area contributed by atoms with Crippen LogP contribution in [0.5, 0.6) is 0 Å². The summed E-state index contributed by atoms with van der Waals surface area (Å²) in [5.74, 6) is -0.0354. The first-order valence-electron chi connectivity index (χ1n) is 9.44. The van der Waals surface area contributed by atoms with Crippen molar-refractivity contribution in [2.45, 2.75) is 0 Å². The molecule has 5 nitrogen and oxygen atoms in total. The van der Waals surface area contributed by atoms with E-state index in [0.29, 0.717) is 12.1 Å². The smallest absolute Gasteiger partial charge is 0.251 e. The molecule has 5 heteroatoms. The molecule has 1 fully saturated rings. The summed E-state index contributed by atoms with van der Waals surface area (Å²) in [6, 6.07) is 18.5. The summed E-state index contributed by atoms with van der Waals surface area (Å²) in [6.07, 6.45) is 3.28. The van der Waals surface area contributed by atoms with E-state index in [9.17, 15) is 4.79 Å². The number of anilines is 1. The second-order valence-electron chi connectivity index (χ2n) is 6.82. The number of carbonyl (C=O) groups excluding carboxylic acids is 1. The van der Waals surface area contributed by atoms with Gasteiger partial charge in [-0.05, 0) is 23.6 Å². The van der Waals surface area contributed by atoms with E-state index in [0.717, 1.165) is 32.7 Å². The molecule has 0 saturated carbocycles. The number of fused-ring (bicyclic) bond motifs is 1. The summed E-state index contributed by atoms with van der Waals surface area (Å²) in [5, 5.41) is 5.60. The summed E-state index contributed by atoms with van der Waals surface area (Å²) in [5.41, 5.74) is 1.98. The van der Waals surface area contributed by atoms with Crippen LogP contribution in [0.3, 0.4) is 0 Å². The third-order valence-electron chi connectivity index (χ3n) is 5.14. The van der Waals surface area contributed by atoms with Gasteiger partial charge in [0.25, 0.3) is 5.91 Å². The number of rotatable bonds is 5. The minimum Gasteiger partial charge on any atom is -0.368 e. The number of nitrogens with one attached hydrogen (secondary N) is 1. The molecule has 2 aromatic carbocycles. The molecule has 1 N–H and O–H groups in total. The van der Waals surface area contributed by atoms with Crippen molar-refractivity contribution in [3.8, 4) is 0 Å². The molecule has 2 heterocycles. The molecule has 4 rings (SSSR count). The molecular weight excluding hydrogens is 336 g/mol. The molecule has 0 atom stereocenters. The lowest BCUT2D eigenvalue weighted by molar-refractivity contribution is 0.0947. The molecular formula is C22H24N4O. The van der Waals surface area contributed by atoms with Gasteiger partial charge < -0.3 is 10.2 Å². The molecule has 1 aliphatic heterocycles. The van der Waals surface area contributed by atoms with Crippen LogP contribution in [0, 0.1) is 0 Å². The highest BCUT2D eigenvalue weighted by molar-refractivity contribution is 5.94. The fraction of sp³-hybridized carbons (Fsp3) is 0.273. The third kappa shape index (κ3) is 4.09. The second-order valence-corrected chi connectivity index (χ2v) is 6.82. The Morgan fingerprint density at radius 3 is 2.48 bits per heavy atom. The van der Waals surface area contributed by atoms with E-state index in [1.165, 1.54) is 16.5 Å². The molecule has 1 saturated heterocycles. The Kier molecular flexibility index (Phi) is 5.30. The van der Waals surface area contributed by atoms with Crippen molar-refractivity contribution in [3.05, 3.63) is 72.6 Å². The van der Waals surface area contributed by atoms with Gasteiger partial charge in [-0.25, -0.2) is 0 Å². The van der Waals surface area contributed by atoms with E-state index in [2.05, 4.69) is 62.6 Å². The fourth-order valence-electron chi connectivity index (χ4n) is 3.63. The van der Waals surface area contributed by atoms with Crippen LogP contribution < -0.4 is 10.2 Å². The monoisotopic (exact) mass is 360 g/mol. The zero-order chi connectivity index (χ0) is 18.5. The predicted octanol–water partition coefficient (Wildman–Crippen LogP) is 2.79. The van der Waals surface area contributed by atoms with Crippen molar-refractivity contribution < 1.29 is 4.79 Å². The SMILES string of the molecule is O=C(NCCN1CCN(c2cccc3ccccc23)CC1)c1ccncc1. The maximum atomic E-state index is 12.1. The van der Waals surface area contributed by atoms with E-state index in [-0.39, 0.29) is 5.91 Å². The highest BCUT2D eigenvalue weighted by Crippen LogP contribution is 2.27. The minimum absolute atomic E-state index is 0.0354. The van der Waals surface area contributed by atoms with Gasteiger partial charge in [0.05, 0.1) is 0 Å². The van der Waals surface area contributed by atoms with Crippen molar-refractivity contribution in [3.63, 3.8) is 0 Å². The number of carbonyl (C=O) groups is 1. The Labute approximate surface area is 159 Å². The summed E-state index contributed by atoms with van der Waals surface area (Å²) in [6.45, 7) is 5.57. The van der Waals surface area contributed by atoms with Crippen molar-refractivity contribution in [2.75, 3.05) is 44.2 Å². The summed E-state index contributed by atoms with van der Waals surface area (Å²) in [7, 11) is 0. The van der Waals surface area contributed by atoms with Crippen LogP contribution in [0.2, 0.25) is 0 Å². The maximum Gasteiger partial charge on any atom is 0.251 e. The number of benzene rings is 2. The zero-order valence-corrected chi connectivity index (χ0v) is 15.3. The van der Waals surface area contributed by atoms with Gasteiger partial charge in [-0.15, -0.1) is 0 Å². The van der Waals surface area contributed by atoms with Crippen molar-refractivity contribution in [1.29, 1.82) is 0 Å². The van der Waals surface area contributed by atoms with Gasteiger partial charge >= 0.3 is 0 Å². The van der Waals surface area contributed by atoms with E-state index in [1.807, 2.05) is 0 Å². The molecule has 0 radical (unpaired) electrons. The van der Waals surface area contributed by atoms with Crippen LogP contribution in [0.15, 0.2) is 67.0 Å². The molecule has 138 valence electrons. The molecule has 1 aromatic heterocycles. The Bertz CT molecular complexity index is 899. The first-order chi connectivity index (χ1) is 13.3. The Morgan fingerprint density at radius 1 is 0.926 bits per heavy atom. The normalized spacial score (nSPS) is 15.0. The summed E-state index contributed by atoms with van der Waals surface area (Å²) < 4.78 is 0. The first kappa shape index (κ1) is 17.5. The second kappa shape index (κ2) is 8.18. The van der Waals surface area contributed by atoms with Gasteiger partial charge in [0.15, 0.2) is 0 Å². The van der Waals surface area contributed by atoms with Crippen LogP contribution in [0.25, 0.3) is 10.8 Å². The van der Waals surface area contributed by atoms with Crippen LogP contribution in [-0.2, 0) is 0 Å². The molecule has 1 aliphatic rings. The minimum atomic E-state index is -0.0354. The van der Waals surface area contributed by atoms with Crippen molar-refractivity contribution in [1.82, 2.24) is 15.2 Å². The molecule has 27 heavy (non-hydrogen) atoms. The van der Waals surface area contributed by atoms with Gasteiger partial charge in [0.1, 0.15) is 0 Å². The lowest BCUT2D eigenvalue weighted by Gasteiger charge is -2.36. The van der Waals surface area contributed by atoms with E-state index in [1.54, 1.807) is 24.5 Å². The number of aromatic nitrogens is 1. The highest BCUT2D eigenvalue weighted by atomic mass is 16.1. The number of hydrogen-bond acceptors (Lipinski definition) is 4. The van der Waals surface area contributed by atoms with E-state index < -0.39 is 0 Å². The quantitative estimate of drug-likeness (QED) is 0.760. The average Bonchev–Trinajstić information content (AvgIpc) is 2.74. The van der Waals surface area contributed by atoms with Gasteiger partial charge in [0.2, 0.25) is 0 Å². The standard InChI is InChI=1S/C22H24N4O/c27-22(19-8-10-23-11-9-19)24-12-13-25-14-16-26(17-15-25)21-7-3-5-18-4-1-2-6-20(18)21/h1-11H,12-17H2,(H,24,27). The largest absolute Gasteiger partial charge is 0.368 e. The predicted molar refractivity (Wildman–Crippen MR) is 109 cm³/mol. The Morgan fingerprint density at radius 2 is 1.67 bits per heavy atom. The number of nitrogens with zero attached hydrogens (tertiary/aromatic N) is 3. The number of piperazine rings is 1. The Balaban J connectivity index is 1.28. The number of hydrogen-bond donors (Lipinski definition) is 1. The van der Waals surface area contributed by atoms with Gasteiger partial charge in [-0.3, -0.25) is 14.7 Å². The van der Waals surface area contributed by atoms with Crippen LogP contribution in [0.1, 0.15) is 10.4 Å². The summed E-state index contributed by atoms with van der Waals surface area (Å²) in [4.78, 5) is 20.9. The third-order valence-corrected chi connectivity index (χ3v) is 5.14. The van der Waals surface area contributed by atoms with Gasteiger partial charge in [0, 0.05) is 68.3 Å². The number of amides is 1. The fourth-order valence-corrected chi connectivity index (χ4v) is 3.63. The lowest BCUT2D eigenvalue weighted by atomic mass is 10.1. The highest BCUT2D eigenvalue weighted by Gasteiger charge is 2.18. The van der Waals surface area contributed by atoms with Gasteiger partial charge in [-0.2, -0.15) is 0 Å². The van der Waals surface area contributed by atoms with Crippen molar-refractivity contribution >= 4 is 22.4 Å². The molecule has 1 amide bonds. The molecule has 0 bridgehead atoms. The van der Waals surface area contributed by atoms with Crippen molar-refractivity contribution in [2.24, 2.45) is 0 Å². The van der Waals surface area contributed by atoms with E-state index >= 15 is 0 Å². The van der Waals surface area contributed by atoms with Crippen LogP contribution >= 0.6 is 0 Å². The molecule has 3 aromatic rings. The zero-order valence-electron chi connectivity index (χ0n) is 15.3. The van der Waals surface area contributed by atoms with E-state index in [4.69, 9.17) is 0 Å². The topological polar surface area (TPSA) is 48.5 Å². The summed E-state index contributed by atoms with van der Waals surface area (Å²) >= 11 is 0. The van der Waals surface area contributed by atoms with Crippen LogP contribution in [0.4, 0.5) is 5.69 Å². The average molecular weight is 360 g/mol. The van der Waals surface area contributed by atoms with Gasteiger partial charge in [-0.1, -0.05) is 36.4 Å². The Hall–Kier alpha value is -2.92.